The number of anilines is 1. The van der Waals surface area contributed by atoms with Gasteiger partial charge in [0, 0.05) is 18.8 Å². The number of ketones is 1. The zero-order valence-corrected chi connectivity index (χ0v) is 7.96. The summed E-state index contributed by atoms with van der Waals surface area (Å²) in [5.74, 6) is 0.670. The molecule has 5 heteroatoms. The van der Waals surface area contributed by atoms with Gasteiger partial charge in [0.25, 0.3) is 0 Å². The van der Waals surface area contributed by atoms with Crippen molar-refractivity contribution in [2.45, 2.75) is 6.92 Å². The molecule has 2 N–H and O–H groups in total. The Morgan fingerprint density at radius 2 is 2.29 bits per heavy atom. The number of nitrogens with zero attached hydrogens (tertiary/aromatic N) is 2. The van der Waals surface area contributed by atoms with Gasteiger partial charge in [-0.1, -0.05) is 0 Å². The lowest BCUT2D eigenvalue weighted by atomic mass is 10.2. The first-order valence-corrected chi connectivity index (χ1v) is 4.25. The Balaban J connectivity index is 2.81. The molecule has 0 aliphatic rings. The van der Waals surface area contributed by atoms with Gasteiger partial charge in [-0.25, -0.2) is 9.97 Å². The van der Waals surface area contributed by atoms with Crippen LogP contribution in [0.2, 0.25) is 0 Å². The number of nitrogens with one attached hydrogen (secondary N) is 2. The molecule has 0 spiro atoms. The topological polar surface area (TPSA) is 70.7 Å². The molecule has 0 aliphatic carbocycles. The van der Waals surface area contributed by atoms with E-state index in [1.807, 2.05) is 0 Å². The Hall–Kier alpha value is -1.91. The summed E-state index contributed by atoms with van der Waals surface area (Å²) in [6, 6.07) is 0. The van der Waals surface area contributed by atoms with Crippen molar-refractivity contribution in [2.75, 3.05) is 12.4 Å². The highest BCUT2D eigenvalue weighted by atomic mass is 16.1. The van der Waals surface area contributed by atoms with Crippen LogP contribution < -0.4 is 5.32 Å². The van der Waals surface area contributed by atoms with E-state index in [0.29, 0.717) is 17.0 Å². The van der Waals surface area contributed by atoms with Crippen molar-refractivity contribution in [3.8, 4) is 0 Å². The summed E-state index contributed by atoms with van der Waals surface area (Å²) < 4.78 is 0. The summed E-state index contributed by atoms with van der Waals surface area (Å²) in [5, 5.41) is 3.68. The molecule has 0 bridgehead atoms. The summed E-state index contributed by atoms with van der Waals surface area (Å²) >= 11 is 0. The number of aromatic amines is 1. The number of hydrogen-bond donors (Lipinski definition) is 2. The van der Waals surface area contributed by atoms with Gasteiger partial charge in [0.15, 0.2) is 5.78 Å². The van der Waals surface area contributed by atoms with Crippen LogP contribution >= 0.6 is 0 Å². The second-order valence-corrected chi connectivity index (χ2v) is 2.95. The van der Waals surface area contributed by atoms with Gasteiger partial charge in [0.05, 0.1) is 5.39 Å². The van der Waals surface area contributed by atoms with E-state index in [1.54, 1.807) is 13.2 Å². The average Bonchev–Trinajstić information content (AvgIpc) is 2.60. The lowest BCUT2D eigenvalue weighted by Gasteiger charge is -2.00. The Kier molecular flexibility index (Phi) is 1.92. The molecule has 5 nitrogen and oxygen atoms in total. The number of carbonyl (C=O) groups is 1. The second-order valence-electron chi connectivity index (χ2n) is 2.95. The Morgan fingerprint density at radius 1 is 1.50 bits per heavy atom. The monoisotopic (exact) mass is 190 g/mol. The fraction of sp³-hybridized carbons (Fsp3) is 0.222. The molecular weight excluding hydrogens is 180 g/mol. The SMILES string of the molecule is CNc1ncnc2[nH]cc(C(C)=O)c12. The lowest BCUT2D eigenvalue weighted by Crippen LogP contribution is -1.97. The van der Waals surface area contributed by atoms with E-state index in [4.69, 9.17) is 0 Å². The molecule has 0 saturated carbocycles. The minimum Gasteiger partial charge on any atom is -0.372 e. The zero-order valence-electron chi connectivity index (χ0n) is 7.96. The maximum Gasteiger partial charge on any atom is 0.162 e. The molecule has 2 rings (SSSR count). The van der Waals surface area contributed by atoms with Crippen molar-refractivity contribution in [3.05, 3.63) is 18.1 Å². The number of aromatic nitrogens is 3. The molecule has 0 aromatic carbocycles. The van der Waals surface area contributed by atoms with E-state index < -0.39 is 0 Å². The van der Waals surface area contributed by atoms with E-state index in [1.165, 1.54) is 13.3 Å². The van der Waals surface area contributed by atoms with E-state index in [2.05, 4.69) is 20.3 Å². The number of hydrogen-bond acceptors (Lipinski definition) is 4. The van der Waals surface area contributed by atoms with Crippen molar-refractivity contribution in [3.63, 3.8) is 0 Å². The fourth-order valence-corrected chi connectivity index (χ4v) is 1.43. The standard InChI is InChI=1S/C9H10N4O/c1-5(14)6-3-11-9-7(6)8(10-2)12-4-13-9/h3-4H,1-2H3,(H2,10,11,12,13). The normalized spacial score (nSPS) is 10.4. The average molecular weight is 190 g/mol. The molecule has 2 aromatic rings. The van der Waals surface area contributed by atoms with Crippen molar-refractivity contribution in [2.24, 2.45) is 0 Å². The van der Waals surface area contributed by atoms with Crippen LogP contribution in [0.25, 0.3) is 11.0 Å². The quantitative estimate of drug-likeness (QED) is 0.698. The van der Waals surface area contributed by atoms with Crippen LogP contribution in [0.5, 0.6) is 0 Å². The smallest absolute Gasteiger partial charge is 0.162 e. The third-order valence-electron chi connectivity index (χ3n) is 2.09. The molecule has 2 heterocycles. The van der Waals surface area contributed by atoms with Gasteiger partial charge < -0.3 is 10.3 Å². The molecule has 0 radical (unpaired) electrons. The molecule has 72 valence electrons. The van der Waals surface area contributed by atoms with E-state index in [9.17, 15) is 4.79 Å². The molecular formula is C9H10N4O. The highest BCUT2D eigenvalue weighted by Gasteiger charge is 2.12. The van der Waals surface area contributed by atoms with Gasteiger partial charge in [-0.05, 0) is 6.92 Å². The van der Waals surface area contributed by atoms with Crippen LogP contribution in [0, 0.1) is 0 Å². The van der Waals surface area contributed by atoms with Gasteiger partial charge in [-0.2, -0.15) is 0 Å². The summed E-state index contributed by atoms with van der Waals surface area (Å²) in [7, 11) is 1.76. The molecule has 14 heavy (non-hydrogen) atoms. The van der Waals surface area contributed by atoms with Gasteiger partial charge in [0.2, 0.25) is 0 Å². The molecule has 0 aliphatic heterocycles. The number of fused-ring (bicyclic) bond motifs is 1. The molecule has 0 saturated heterocycles. The maximum absolute atomic E-state index is 11.3. The fourth-order valence-electron chi connectivity index (χ4n) is 1.43. The molecule has 2 aromatic heterocycles. The molecule has 0 atom stereocenters. The maximum atomic E-state index is 11.3. The largest absolute Gasteiger partial charge is 0.372 e. The van der Waals surface area contributed by atoms with Crippen molar-refractivity contribution in [1.29, 1.82) is 0 Å². The molecule has 0 amide bonds. The molecule has 0 fully saturated rings. The number of H-pyrrole nitrogens is 1. The first-order valence-electron chi connectivity index (χ1n) is 4.25. The first kappa shape index (κ1) is 8.68. The minimum atomic E-state index is 0.00236. The van der Waals surface area contributed by atoms with Crippen molar-refractivity contribution in [1.82, 2.24) is 15.0 Å². The lowest BCUT2D eigenvalue weighted by molar-refractivity contribution is 0.101. The number of rotatable bonds is 2. The Morgan fingerprint density at radius 3 is 2.93 bits per heavy atom. The summed E-state index contributed by atoms with van der Waals surface area (Å²) in [5.41, 5.74) is 1.29. The summed E-state index contributed by atoms with van der Waals surface area (Å²) in [6.07, 6.45) is 3.11. The highest BCUT2D eigenvalue weighted by molar-refractivity contribution is 6.09. The third-order valence-corrected chi connectivity index (χ3v) is 2.09. The van der Waals surface area contributed by atoms with Crippen molar-refractivity contribution >= 4 is 22.6 Å². The van der Waals surface area contributed by atoms with E-state index in [0.717, 1.165) is 5.39 Å². The summed E-state index contributed by atoms with van der Waals surface area (Å²) in [6.45, 7) is 1.52. The predicted molar refractivity (Wildman–Crippen MR) is 53.4 cm³/mol. The number of carbonyl (C=O) groups excluding carboxylic acids is 1. The van der Waals surface area contributed by atoms with Crippen molar-refractivity contribution < 1.29 is 4.79 Å². The van der Waals surface area contributed by atoms with Gasteiger partial charge in [0.1, 0.15) is 17.8 Å². The minimum absolute atomic E-state index is 0.00236. The molecule has 0 unspecified atom stereocenters. The van der Waals surface area contributed by atoms with Crippen LogP contribution in [0.3, 0.4) is 0 Å². The van der Waals surface area contributed by atoms with Gasteiger partial charge >= 0.3 is 0 Å². The first-order chi connectivity index (χ1) is 6.74. The van der Waals surface area contributed by atoms with Crippen LogP contribution in [-0.2, 0) is 0 Å². The second kappa shape index (κ2) is 3.10. The van der Waals surface area contributed by atoms with Crippen LogP contribution in [0.1, 0.15) is 17.3 Å². The van der Waals surface area contributed by atoms with Crippen LogP contribution in [-0.4, -0.2) is 27.8 Å². The third kappa shape index (κ3) is 1.14. The Bertz CT molecular complexity index is 489. The van der Waals surface area contributed by atoms with Gasteiger partial charge in [-0.15, -0.1) is 0 Å². The van der Waals surface area contributed by atoms with Crippen LogP contribution in [0.4, 0.5) is 5.82 Å². The van der Waals surface area contributed by atoms with Crippen LogP contribution in [0.15, 0.2) is 12.5 Å². The zero-order chi connectivity index (χ0) is 10.1. The highest BCUT2D eigenvalue weighted by Crippen LogP contribution is 2.22. The van der Waals surface area contributed by atoms with E-state index >= 15 is 0 Å². The number of Topliss-reactive ketones (excluding diaryl/α,β-unsaturated/α-hetero) is 1. The Labute approximate surface area is 80.6 Å². The summed E-state index contributed by atoms with van der Waals surface area (Å²) in [4.78, 5) is 22.3. The van der Waals surface area contributed by atoms with E-state index in [-0.39, 0.29) is 5.78 Å². The van der Waals surface area contributed by atoms with Gasteiger partial charge in [-0.3, -0.25) is 4.79 Å². The predicted octanol–water partition coefficient (Wildman–Crippen LogP) is 1.20.